The third-order valence-corrected chi connectivity index (χ3v) is 3.64. The first kappa shape index (κ1) is 11.1. The summed E-state index contributed by atoms with van der Waals surface area (Å²) in [6, 6.07) is 10.0. The molecule has 0 aliphatic heterocycles. The van der Waals surface area contributed by atoms with Crippen LogP contribution in [0.3, 0.4) is 0 Å². The summed E-state index contributed by atoms with van der Waals surface area (Å²) in [5.41, 5.74) is 2.21. The fraction of sp³-hybridized carbons (Fsp3) is 0.267. The molecule has 0 bridgehead atoms. The van der Waals surface area contributed by atoms with Crippen LogP contribution in [0.15, 0.2) is 30.3 Å². The molecule has 1 aliphatic carbocycles. The molecule has 92 valence electrons. The van der Waals surface area contributed by atoms with Crippen LogP contribution in [0.4, 0.5) is 0 Å². The molecule has 0 heterocycles. The van der Waals surface area contributed by atoms with Gasteiger partial charge in [0.15, 0.2) is 0 Å². The van der Waals surface area contributed by atoms with Crippen molar-refractivity contribution in [2.24, 2.45) is 5.92 Å². The number of hydrogen-bond acceptors (Lipinski definition) is 2. The number of carboxylic acid groups (broad SMARTS) is 1. The molecule has 1 atom stereocenters. The fourth-order valence-corrected chi connectivity index (χ4v) is 2.80. The molecule has 0 spiro atoms. The summed E-state index contributed by atoms with van der Waals surface area (Å²) < 4.78 is 5.28. The van der Waals surface area contributed by atoms with Gasteiger partial charge in [-0.25, -0.2) is 0 Å². The maximum atomic E-state index is 11.2. The van der Waals surface area contributed by atoms with Gasteiger partial charge in [-0.3, -0.25) is 4.79 Å². The Morgan fingerprint density at radius 2 is 2.06 bits per heavy atom. The van der Waals surface area contributed by atoms with E-state index in [2.05, 4.69) is 0 Å². The number of rotatable bonds is 2. The van der Waals surface area contributed by atoms with Gasteiger partial charge in [-0.15, -0.1) is 0 Å². The molecule has 0 radical (unpaired) electrons. The second kappa shape index (κ2) is 4.02. The molecule has 1 unspecified atom stereocenters. The van der Waals surface area contributed by atoms with Crippen LogP contribution >= 0.6 is 0 Å². The largest absolute Gasteiger partial charge is 0.497 e. The van der Waals surface area contributed by atoms with Crippen molar-refractivity contribution >= 4 is 16.7 Å². The van der Waals surface area contributed by atoms with Crippen LogP contribution in [-0.4, -0.2) is 18.2 Å². The summed E-state index contributed by atoms with van der Waals surface area (Å²) in [5.74, 6) is -0.253. The second-order valence-corrected chi connectivity index (χ2v) is 4.75. The SMILES string of the molecule is COc1cc2c3c(cccc3c1)CC(C(=O)O)C2. The zero-order valence-corrected chi connectivity index (χ0v) is 10.1. The van der Waals surface area contributed by atoms with E-state index in [-0.39, 0.29) is 5.92 Å². The zero-order chi connectivity index (χ0) is 12.7. The molecule has 3 rings (SSSR count). The first-order chi connectivity index (χ1) is 8.69. The molecular formula is C15H14O3. The van der Waals surface area contributed by atoms with Gasteiger partial charge in [-0.2, -0.15) is 0 Å². The minimum absolute atomic E-state index is 0.324. The number of benzene rings is 2. The van der Waals surface area contributed by atoms with Crippen LogP contribution in [0.25, 0.3) is 10.8 Å². The van der Waals surface area contributed by atoms with E-state index in [0.717, 1.165) is 22.3 Å². The van der Waals surface area contributed by atoms with E-state index >= 15 is 0 Å². The normalized spacial score (nSPS) is 17.7. The highest BCUT2D eigenvalue weighted by molar-refractivity contribution is 5.92. The van der Waals surface area contributed by atoms with Gasteiger partial charge in [0, 0.05) is 0 Å². The van der Waals surface area contributed by atoms with Gasteiger partial charge in [-0.05, 0) is 46.9 Å². The van der Waals surface area contributed by atoms with E-state index < -0.39 is 5.97 Å². The van der Waals surface area contributed by atoms with Crippen LogP contribution in [0.1, 0.15) is 11.1 Å². The molecule has 1 aliphatic rings. The Morgan fingerprint density at radius 1 is 1.28 bits per heavy atom. The van der Waals surface area contributed by atoms with E-state index in [1.165, 1.54) is 5.39 Å². The van der Waals surface area contributed by atoms with Gasteiger partial charge in [0.25, 0.3) is 0 Å². The average Bonchev–Trinajstić information content (AvgIpc) is 2.38. The van der Waals surface area contributed by atoms with E-state index in [0.29, 0.717) is 12.8 Å². The van der Waals surface area contributed by atoms with Crippen molar-refractivity contribution in [1.29, 1.82) is 0 Å². The van der Waals surface area contributed by atoms with E-state index in [1.807, 2.05) is 30.3 Å². The van der Waals surface area contributed by atoms with Crippen LogP contribution in [-0.2, 0) is 17.6 Å². The van der Waals surface area contributed by atoms with Gasteiger partial charge in [-0.1, -0.05) is 18.2 Å². The number of methoxy groups -OCH3 is 1. The summed E-state index contributed by atoms with van der Waals surface area (Å²) in [4.78, 5) is 11.2. The van der Waals surface area contributed by atoms with Crippen molar-refractivity contribution in [3.63, 3.8) is 0 Å². The third kappa shape index (κ3) is 1.63. The standard InChI is InChI=1S/C15H14O3/c1-18-13-7-10-4-2-3-9-5-12(15(16)17)6-11(8-13)14(9)10/h2-4,7-8,12H,5-6H2,1H3,(H,16,17). The van der Waals surface area contributed by atoms with Gasteiger partial charge in [0.1, 0.15) is 5.75 Å². The Labute approximate surface area is 105 Å². The number of hydrogen-bond donors (Lipinski definition) is 1. The molecule has 3 nitrogen and oxygen atoms in total. The minimum atomic E-state index is -0.722. The van der Waals surface area contributed by atoms with Gasteiger partial charge >= 0.3 is 5.97 Å². The monoisotopic (exact) mass is 242 g/mol. The van der Waals surface area contributed by atoms with Crippen molar-refractivity contribution in [2.45, 2.75) is 12.8 Å². The summed E-state index contributed by atoms with van der Waals surface area (Å²) in [7, 11) is 1.63. The molecule has 0 fully saturated rings. The molecule has 1 N–H and O–H groups in total. The predicted molar refractivity (Wildman–Crippen MR) is 69.0 cm³/mol. The number of ether oxygens (including phenoxy) is 1. The Hall–Kier alpha value is -2.03. The highest BCUT2D eigenvalue weighted by atomic mass is 16.5. The summed E-state index contributed by atoms with van der Waals surface area (Å²) >= 11 is 0. The first-order valence-electron chi connectivity index (χ1n) is 6.00. The van der Waals surface area contributed by atoms with Crippen LogP contribution in [0.5, 0.6) is 5.75 Å². The van der Waals surface area contributed by atoms with E-state index in [4.69, 9.17) is 4.74 Å². The predicted octanol–water partition coefficient (Wildman–Crippen LogP) is 2.65. The molecular weight excluding hydrogens is 228 g/mol. The average molecular weight is 242 g/mol. The first-order valence-corrected chi connectivity index (χ1v) is 6.00. The van der Waals surface area contributed by atoms with Crippen LogP contribution in [0, 0.1) is 5.92 Å². The molecule has 0 amide bonds. The third-order valence-electron chi connectivity index (χ3n) is 3.64. The maximum Gasteiger partial charge on any atom is 0.307 e. The lowest BCUT2D eigenvalue weighted by molar-refractivity contribution is -0.141. The fourth-order valence-electron chi connectivity index (χ4n) is 2.80. The Bertz CT molecular complexity index is 631. The molecule has 2 aromatic rings. The lowest BCUT2D eigenvalue weighted by atomic mass is 9.82. The minimum Gasteiger partial charge on any atom is -0.497 e. The van der Waals surface area contributed by atoms with Gasteiger partial charge in [0.2, 0.25) is 0 Å². The molecule has 0 saturated heterocycles. The smallest absolute Gasteiger partial charge is 0.307 e. The van der Waals surface area contributed by atoms with Crippen LogP contribution in [0.2, 0.25) is 0 Å². The van der Waals surface area contributed by atoms with Crippen molar-refractivity contribution < 1.29 is 14.6 Å². The quantitative estimate of drug-likeness (QED) is 0.880. The van der Waals surface area contributed by atoms with Crippen molar-refractivity contribution in [1.82, 2.24) is 0 Å². The second-order valence-electron chi connectivity index (χ2n) is 4.75. The lowest BCUT2D eigenvalue weighted by Gasteiger charge is -2.23. The van der Waals surface area contributed by atoms with E-state index in [1.54, 1.807) is 7.11 Å². The molecule has 2 aromatic carbocycles. The van der Waals surface area contributed by atoms with Crippen molar-refractivity contribution in [2.75, 3.05) is 7.11 Å². The number of aliphatic carboxylic acids is 1. The Balaban J connectivity index is 2.23. The lowest BCUT2D eigenvalue weighted by Crippen LogP contribution is -2.22. The van der Waals surface area contributed by atoms with Crippen LogP contribution < -0.4 is 4.74 Å². The molecule has 3 heteroatoms. The zero-order valence-electron chi connectivity index (χ0n) is 10.1. The van der Waals surface area contributed by atoms with Crippen molar-refractivity contribution in [3.05, 3.63) is 41.5 Å². The molecule has 0 aromatic heterocycles. The molecule has 0 saturated carbocycles. The van der Waals surface area contributed by atoms with Gasteiger partial charge < -0.3 is 9.84 Å². The number of carbonyl (C=O) groups is 1. The van der Waals surface area contributed by atoms with Crippen molar-refractivity contribution in [3.8, 4) is 5.75 Å². The Morgan fingerprint density at radius 3 is 2.78 bits per heavy atom. The highest BCUT2D eigenvalue weighted by Crippen LogP contribution is 2.35. The topological polar surface area (TPSA) is 46.5 Å². The summed E-state index contributed by atoms with van der Waals surface area (Å²) in [5, 5.41) is 11.5. The Kier molecular flexibility index (Phi) is 2.47. The summed E-state index contributed by atoms with van der Waals surface area (Å²) in [6.45, 7) is 0. The highest BCUT2D eigenvalue weighted by Gasteiger charge is 2.26. The number of carboxylic acids is 1. The maximum absolute atomic E-state index is 11.2. The summed E-state index contributed by atoms with van der Waals surface area (Å²) in [6.07, 6.45) is 1.20. The molecule has 18 heavy (non-hydrogen) atoms. The van der Waals surface area contributed by atoms with E-state index in [9.17, 15) is 9.90 Å². The van der Waals surface area contributed by atoms with Gasteiger partial charge in [0.05, 0.1) is 13.0 Å².